The summed E-state index contributed by atoms with van der Waals surface area (Å²) in [6.07, 6.45) is 7.50. The number of rotatable bonds is 0. The van der Waals surface area contributed by atoms with Gasteiger partial charge in [0, 0.05) is 24.5 Å². The Kier molecular flexibility index (Phi) is 17.4. The van der Waals surface area contributed by atoms with E-state index in [0.717, 1.165) is 0 Å². The minimum atomic E-state index is 1.75. The quantitative estimate of drug-likeness (QED) is 0.635. The molecule has 0 aliphatic carbocycles. The van der Waals surface area contributed by atoms with Gasteiger partial charge >= 0.3 is 0 Å². The van der Waals surface area contributed by atoms with Crippen molar-refractivity contribution in [2.75, 3.05) is 0 Å². The Morgan fingerprint density at radius 2 is 1.06 bits per heavy atom. The third-order valence-corrected chi connectivity index (χ3v) is 1.43. The predicted molar refractivity (Wildman–Crippen MR) is 74.6 cm³/mol. The highest BCUT2D eigenvalue weighted by molar-refractivity contribution is 4.88. The predicted octanol–water partition coefficient (Wildman–Crippen LogP) is 3.65. The second kappa shape index (κ2) is 16.7. The van der Waals surface area contributed by atoms with Crippen LogP contribution in [-0.2, 0) is 7.05 Å². The van der Waals surface area contributed by atoms with Crippen LogP contribution in [0.5, 0.6) is 0 Å². The highest BCUT2D eigenvalue weighted by atomic mass is 14.9. The van der Waals surface area contributed by atoms with Crippen LogP contribution < -0.4 is 4.57 Å². The number of hydrogen-bond donors (Lipinski definition) is 0. The van der Waals surface area contributed by atoms with Crippen molar-refractivity contribution in [3.8, 4) is 0 Å². The molecule has 17 heavy (non-hydrogen) atoms. The van der Waals surface area contributed by atoms with Crippen LogP contribution in [0.25, 0.3) is 0 Å². The lowest BCUT2D eigenvalue weighted by Crippen LogP contribution is -2.25. The Morgan fingerprint density at radius 3 is 1.24 bits per heavy atom. The van der Waals surface area contributed by atoms with Gasteiger partial charge in [0.15, 0.2) is 12.4 Å². The van der Waals surface area contributed by atoms with Crippen molar-refractivity contribution >= 4 is 0 Å². The molecule has 0 saturated heterocycles. The molecule has 0 saturated carbocycles. The summed E-state index contributed by atoms with van der Waals surface area (Å²) in [6.45, 7) is 8.00. The zero-order valence-electron chi connectivity index (χ0n) is 11.7. The first-order chi connectivity index (χ1) is 8.39. The molecule has 0 aliphatic rings. The van der Waals surface area contributed by atoms with Crippen LogP contribution in [0.3, 0.4) is 0 Å². The van der Waals surface area contributed by atoms with Gasteiger partial charge in [-0.3, -0.25) is 4.98 Å². The topological polar surface area (TPSA) is 16.8 Å². The second-order valence-electron chi connectivity index (χ2n) is 2.57. The first-order valence-electron chi connectivity index (χ1n) is 6.15. The van der Waals surface area contributed by atoms with Crippen molar-refractivity contribution in [3.05, 3.63) is 61.2 Å². The molecule has 0 fully saturated rings. The van der Waals surface area contributed by atoms with E-state index in [1.165, 1.54) is 0 Å². The lowest BCUT2D eigenvalue weighted by molar-refractivity contribution is -0.671. The molecule has 2 heteroatoms. The van der Waals surface area contributed by atoms with Crippen molar-refractivity contribution < 1.29 is 4.57 Å². The molecule has 0 atom stereocenters. The third-order valence-electron chi connectivity index (χ3n) is 1.43. The van der Waals surface area contributed by atoms with Crippen LogP contribution in [0.15, 0.2) is 61.2 Å². The van der Waals surface area contributed by atoms with E-state index >= 15 is 0 Å². The summed E-state index contributed by atoms with van der Waals surface area (Å²) < 4.78 is 2.00. The van der Waals surface area contributed by atoms with E-state index in [1.54, 1.807) is 12.4 Å². The number of aryl methyl sites for hydroxylation is 1. The Morgan fingerprint density at radius 1 is 0.647 bits per heavy atom. The number of aromatic nitrogens is 2. The fraction of sp³-hybridized carbons (Fsp3) is 0.333. The van der Waals surface area contributed by atoms with Crippen molar-refractivity contribution in [2.45, 2.75) is 27.7 Å². The van der Waals surface area contributed by atoms with Crippen molar-refractivity contribution in [3.63, 3.8) is 0 Å². The molecule has 0 unspecified atom stereocenters. The van der Waals surface area contributed by atoms with Crippen molar-refractivity contribution in [1.29, 1.82) is 0 Å². The van der Waals surface area contributed by atoms with Crippen LogP contribution in [0.2, 0.25) is 0 Å². The molecule has 2 rings (SSSR count). The Balaban J connectivity index is 0. The van der Waals surface area contributed by atoms with Gasteiger partial charge in [-0.05, 0) is 12.1 Å². The molecular formula is C15H25N2+. The monoisotopic (exact) mass is 233 g/mol. The van der Waals surface area contributed by atoms with Gasteiger partial charge in [0.25, 0.3) is 0 Å². The molecule has 0 N–H and O–H groups in total. The minimum Gasteiger partial charge on any atom is -0.265 e. The van der Waals surface area contributed by atoms with Crippen molar-refractivity contribution in [1.82, 2.24) is 4.98 Å². The molecule has 2 nitrogen and oxygen atoms in total. The summed E-state index contributed by atoms with van der Waals surface area (Å²) >= 11 is 0. The third kappa shape index (κ3) is 14.3. The van der Waals surface area contributed by atoms with Crippen LogP contribution in [0.4, 0.5) is 0 Å². The largest absolute Gasteiger partial charge is 0.265 e. The van der Waals surface area contributed by atoms with E-state index in [2.05, 4.69) is 4.98 Å². The molecule has 0 aliphatic heterocycles. The van der Waals surface area contributed by atoms with Gasteiger partial charge in [0.05, 0.1) is 0 Å². The summed E-state index contributed by atoms with van der Waals surface area (Å²) in [5.74, 6) is 0. The summed E-state index contributed by atoms with van der Waals surface area (Å²) in [7, 11) is 2.00. The number of hydrogen-bond acceptors (Lipinski definition) is 1. The Labute approximate surface area is 106 Å². The first kappa shape index (κ1) is 17.7. The first-order valence-corrected chi connectivity index (χ1v) is 6.15. The normalized spacial score (nSPS) is 7.12. The van der Waals surface area contributed by atoms with Crippen molar-refractivity contribution in [2.24, 2.45) is 7.05 Å². The van der Waals surface area contributed by atoms with E-state index in [0.29, 0.717) is 0 Å². The van der Waals surface area contributed by atoms with E-state index in [4.69, 9.17) is 0 Å². The summed E-state index contributed by atoms with van der Waals surface area (Å²) in [4.78, 5) is 3.78. The Bertz CT molecular complexity index is 279. The standard InChI is InChI=1S/C6H8N.C5H5N.2C2H6/c1-7-5-3-2-4-6-7;1-2-4-6-5-3-1;2*1-2/h2-6H,1H3;1-5H;2*1-2H3/q+1;;;. The summed E-state index contributed by atoms with van der Waals surface area (Å²) in [6, 6.07) is 11.7. The SMILES string of the molecule is CC.CC.C[n+]1ccccc1.c1ccncc1. The van der Waals surface area contributed by atoms with Gasteiger partial charge in [-0.2, -0.15) is 0 Å². The minimum absolute atomic E-state index is 1.75. The Hall–Kier alpha value is -1.70. The molecule has 0 radical (unpaired) electrons. The lowest BCUT2D eigenvalue weighted by Gasteiger charge is -1.77. The van der Waals surface area contributed by atoms with Gasteiger partial charge in [0.1, 0.15) is 7.05 Å². The van der Waals surface area contributed by atoms with Crippen LogP contribution in [-0.4, -0.2) is 4.98 Å². The zero-order valence-corrected chi connectivity index (χ0v) is 11.7. The molecule has 0 amide bonds. The van der Waals surface area contributed by atoms with Gasteiger partial charge in [-0.15, -0.1) is 0 Å². The van der Waals surface area contributed by atoms with Crippen LogP contribution >= 0.6 is 0 Å². The van der Waals surface area contributed by atoms with Gasteiger partial charge in [-0.1, -0.05) is 39.8 Å². The van der Waals surface area contributed by atoms with Gasteiger partial charge < -0.3 is 0 Å². The van der Waals surface area contributed by atoms with Crippen LogP contribution in [0, 0.1) is 0 Å². The summed E-state index contributed by atoms with van der Waals surface area (Å²) in [5, 5.41) is 0. The van der Waals surface area contributed by atoms with E-state index in [9.17, 15) is 0 Å². The highest BCUT2D eigenvalue weighted by Crippen LogP contribution is 1.73. The fourth-order valence-corrected chi connectivity index (χ4v) is 0.797. The maximum atomic E-state index is 3.78. The molecule has 2 aromatic heterocycles. The van der Waals surface area contributed by atoms with Gasteiger partial charge in [0.2, 0.25) is 0 Å². The number of pyridine rings is 2. The maximum absolute atomic E-state index is 3.78. The summed E-state index contributed by atoms with van der Waals surface area (Å²) in [5.41, 5.74) is 0. The van der Waals surface area contributed by atoms with Crippen LogP contribution in [0.1, 0.15) is 27.7 Å². The average molecular weight is 233 g/mol. The van der Waals surface area contributed by atoms with E-state index < -0.39 is 0 Å². The lowest BCUT2D eigenvalue weighted by atomic mass is 10.5. The molecule has 2 heterocycles. The molecule has 2 aromatic rings. The zero-order chi connectivity index (χ0) is 13.4. The average Bonchev–Trinajstić information content (AvgIpc) is 2.47. The molecule has 0 spiro atoms. The molecule has 0 aromatic carbocycles. The van der Waals surface area contributed by atoms with E-state index in [-0.39, 0.29) is 0 Å². The fourth-order valence-electron chi connectivity index (χ4n) is 0.797. The maximum Gasteiger partial charge on any atom is 0.168 e. The molecule has 0 bridgehead atoms. The molecule has 94 valence electrons. The highest BCUT2D eigenvalue weighted by Gasteiger charge is 1.78. The molecular weight excluding hydrogens is 208 g/mol. The second-order valence-corrected chi connectivity index (χ2v) is 2.57. The smallest absolute Gasteiger partial charge is 0.168 e. The number of nitrogens with zero attached hydrogens (tertiary/aromatic N) is 2. The van der Waals surface area contributed by atoms with E-state index in [1.807, 2.05) is 88.1 Å². The van der Waals surface area contributed by atoms with Gasteiger partial charge in [-0.25, -0.2) is 4.57 Å².